The first-order valence-electron chi connectivity index (χ1n) is 13.2. The number of aromatic nitrogens is 4. The van der Waals surface area contributed by atoms with Crippen LogP contribution in [0.3, 0.4) is 0 Å². The Morgan fingerprint density at radius 3 is 2.33 bits per heavy atom. The lowest BCUT2D eigenvalue weighted by atomic mass is 10.1. The Morgan fingerprint density at radius 1 is 0.846 bits per heavy atom. The predicted molar refractivity (Wildman–Crippen MR) is 150 cm³/mol. The zero-order valence-electron chi connectivity index (χ0n) is 21.8. The van der Waals surface area contributed by atoms with Gasteiger partial charge < -0.3 is 9.80 Å². The molecular weight excluding hydrogens is 491 g/mol. The zero-order chi connectivity index (χ0) is 26.8. The fourth-order valence-corrected chi connectivity index (χ4v) is 5.18. The summed E-state index contributed by atoms with van der Waals surface area (Å²) < 4.78 is 16.2. The van der Waals surface area contributed by atoms with Crippen molar-refractivity contribution in [2.75, 3.05) is 31.1 Å². The number of fused-ring (bicyclic) bond motifs is 1. The highest BCUT2D eigenvalue weighted by Crippen LogP contribution is 2.30. The van der Waals surface area contributed by atoms with Gasteiger partial charge in [0.05, 0.1) is 22.3 Å². The molecule has 0 unspecified atom stereocenters. The van der Waals surface area contributed by atoms with Gasteiger partial charge >= 0.3 is 0 Å². The number of para-hydroxylation sites is 1. The summed E-state index contributed by atoms with van der Waals surface area (Å²) >= 11 is 0. The molecule has 39 heavy (non-hydrogen) atoms. The Kier molecular flexibility index (Phi) is 6.75. The van der Waals surface area contributed by atoms with E-state index in [-0.39, 0.29) is 11.5 Å². The van der Waals surface area contributed by atoms with Crippen molar-refractivity contribution in [2.45, 2.75) is 19.8 Å². The number of carbonyl (C=O) groups excluding carboxylic acids is 1. The number of nitrogens with zero attached hydrogens (tertiary/aromatic N) is 6. The highest BCUT2D eigenvalue weighted by atomic mass is 19.1. The Morgan fingerprint density at radius 2 is 1.56 bits per heavy atom. The molecule has 0 aliphatic carbocycles. The second-order valence-electron chi connectivity index (χ2n) is 9.77. The van der Waals surface area contributed by atoms with Crippen LogP contribution >= 0.6 is 0 Å². The van der Waals surface area contributed by atoms with Gasteiger partial charge in [-0.1, -0.05) is 60.7 Å². The molecule has 2 aromatic heterocycles. The molecule has 6 rings (SSSR count). The minimum absolute atomic E-state index is 0.112. The lowest BCUT2D eigenvalue weighted by molar-refractivity contribution is 0.0762. The fraction of sp³-hybridized carbons (Fsp3) is 0.226. The van der Waals surface area contributed by atoms with Crippen LogP contribution < -0.4 is 4.90 Å². The van der Waals surface area contributed by atoms with Crippen LogP contribution in [0.5, 0.6) is 0 Å². The Labute approximate surface area is 226 Å². The first kappa shape index (κ1) is 24.7. The first-order chi connectivity index (χ1) is 19.1. The third-order valence-electron chi connectivity index (χ3n) is 7.12. The third kappa shape index (κ3) is 4.97. The first-order valence-corrected chi connectivity index (χ1v) is 13.2. The second-order valence-corrected chi connectivity index (χ2v) is 9.77. The molecule has 0 N–H and O–H groups in total. The van der Waals surface area contributed by atoms with Gasteiger partial charge in [-0.25, -0.2) is 19.0 Å². The number of amides is 1. The van der Waals surface area contributed by atoms with Crippen molar-refractivity contribution in [1.82, 2.24) is 24.6 Å². The van der Waals surface area contributed by atoms with E-state index in [1.165, 1.54) is 6.07 Å². The van der Waals surface area contributed by atoms with E-state index in [1.54, 1.807) is 23.1 Å². The molecule has 3 heterocycles. The summed E-state index contributed by atoms with van der Waals surface area (Å²) in [5, 5.41) is 5.77. The Balaban J connectivity index is 1.38. The van der Waals surface area contributed by atoms with E-state index in [0.29, 0.717) is 38.4 Å². The molecule has 7 nitrogen and oxygen atoms in total. The number of anilines is 1. The molecule has 0 bridgehead atoms. The van der Waals surface area contributed by atoms with Crippen LogP contribution in [0, 0.1) is 12.7 Å². The highest BCUT2D eigenvalue weighted by Gasteiger charge is 2.26. The van der Waals surface area contributed by atoms with Crippen molar-refractivity contribution in [3.05, 3.63) is 113 Å². The van der Waals surface area contributed by atoms with E-state index in [1.807, 2.05) is 60.1 Å². The molecule has 0 spiro atoms. The largest absolute Gasteiger partial charge is 0.354 e. The van der Waals surface area contributed by atoms with Gasteiger partial charge in [0.2, 0.25) is 0 Å². The number of hydrogen-bond donors (Lipinski definition) is 0. The molecule has 1 amide bonds. The monoisotopic (exact) mass is 520 g/mol. The lowest BCUT2D eigenvalue weighted by Crippen LogP contribution is -2.36. The number of aryl methyl sites for hydroxylation is 1. The van der Waals surface area contributed by atoms with Crippen molar-refractivity contribution < 1.29 is 9.18 Å². The minimum Gasteiger partial charge on any atom is -0.354 e. The van der Waals surface area contributed by atoms with Crippen LogP contribution in [-0.2, 0) is 6.42 Å². The van der Waals surface area contributed by atoms with E-state index in [9.17, 15) is 9.18 Å². The second kappa shape index (κ2) is 10.6. The molecule has 8 heteroatoms. The van der Waals surface area contributed by atoms with E-state index >= 15 is 0 Å². The van der Waals surface area contributed by atoms with Crippen LogP contribution in [0.2, 0.25) is 0 Å². The minimum atomic E-state index is -0.490. The number of benzene rings is 3. The predicted octanol–water partition coefficient (Wildman–Crippen LogP) is 5.21. The van der Waals surface area contributed by atoms with Gasteiger partial charge in [0.1, 0.15) is 17.5 Å². The number of hydrogen-bond acceptors (Lipinski definition) is 5. The smallest absolute Gasteiger partial charge is 0.256 e. The van der Waals surface area contributed by atoms with Crippen molar-refractivity contribution in [2.24, 2.45) is 0 Å². The van der Waals surface area contributed by atoms with Gasteiger partial charge in [0.15, 0.2) is 5.65 Å². The molecular formula is C31H29FN6O. The highest BCUT2D eigenvalue weighted by molar-refractivity contribution is 5.95. The maximum absolute atomic E-state index is 14.3. The molecule has 1 fully saturated rings. The molecule has 0 atom stereocenters. The van der Waals surface area contributed by atoms with Gasteiger partial charge in [-0.05, 0) is 43.2 Å². The molecule has 1 aliphatic heterocycles. The van der Waals surface area contributed by atoms with E-state index < -0.39 is 5.82 Å². The molecule has 0 radical (unpaired) electrons. The van der Waals surface area contributed by atoms with Crippen LogP contribution in [0.15, 0.2) is 84.9 Å². The maximum atomic E-state index is 14.3. The summed E-state index contributed by atoms with van der Waals surface area (Å²) in [5.74, 6) is 0.770. The number of rotatable bonds is 5. The molecule has 1 saturated heterocycles. The van der Waals surface area contributed by atoms with Crippen molar-refractivity contribution >= 4 is 22.8 Å². The summed E-state index contributed by atoms with van der Waals surface area (Å²) in [5.41, 5.74) is 3.78. The summed E-state index contributed by atoms with van der Waals surface area (Å²) in [6.07, 6.45) is 1.33. The van der Waals surface area contributed by atoms with Crippen LogP contribution in [0.4, 0.5) is 10.2 Å². The van der Waals surface area contributed by atoms with Gasteiger partial charge in [-0.15, -0.1) is 0 Å². The average molecular weight is 521 g/mol. The van der Waals surface area contributed by atoms with Crippen LogP contribution in [0.1, 0.15) is 33.9 Å². The third-order valence-corrected chi connectivity index (χ3v) is 7.12. The van der Waals surface area contributed by atoms with Crippen molar-refractivity contribution in [1.29, 1.82) is 0 Å². The molecule has 5 aromatic rings. The average Bonchev–Trinajstić information content (AvgIpc) is 3.13. The van der Waals surface area contributed by atoms with Crippen LogP contribution in [0.25, 0.3) is 16.7 Å². The van der Waals surface area contributed by atoms with E-state index in [0.717, 1.165) is 40.2 Å². The fourth-order valence-electron chi connectivity index (χ4n) is 5.18. The Hall–Kier alpha value is -4.59. The summed E-state index contributed by atoms with van der Waals surface area (Å²) in [7, 11) is 0. The molecule has 196 valence electrons. The van der Waals surface area contributed by atoms with Gasteiger partial charge in [-0.2, -0.15) is 5.10 Å². The van der Waals surface area contributed by atoms with E-state index in [4.69, 9.17) is 15.1 Å². The zero-order valence-corrected chi connectivity index (χ0v) is 21.8. The quantitative estimate of drug-likeness (QED) is 0.318. The summed E-state index contributed by atoms with van der Waals surface area (Å²) in [4.78, 5) is 27.2. The molecule has 0 saturated carbocycles. The normalized spacial score (nSPS) is 14.0. The van der Waals surface area contributed by atoms with Crippen LogP contribution in [-0.4, -0.2) is 56.7 Å². The maximum Gasteiger partial charge on any atom is 0.256 e. The standard InChI is InChI=1S/C31H29FN6O/c1-22-28-29(36-17-10-18-37(20-19-36)31(39)25-15-8-9-16-26(25)32)33-27(21-23-11-4-2-5-12-23)34-30(28)38(35-22)24-13-6-3-7-14-24/h2-9,11-16H,10,17-21H2,1H3. The topological polar surface area (TPSA) is 67.2 Å². The summed E-state index contributed by atoms with van der Waals surface area (Å²) in [6, 6.07) is 26.3. The molecule has 1 aliphatic rings. The number of carbonyl (C=O) groups is 1. The number of halogens is 1. The van der Waals surface area contributed by atoms with E-state index in [2.05, 4.69) is 17.0 Å². The molecule has 3 aromatic carbocycles. The van der Waals surface area contributed by atoms with Crippen molar-refractivity contribution in [3.63, 3.8) is 0 Å². The van der Waals surface area contributed by atoms with Gasteiger partial charge in [-0.3, -0.25) is 4.79 Å². The van der Waals surface area contributed by atoms with Gasteiger partial charge in [0.25, 0.3) is 5.91 Å². The van der Waals surface area contributed by atoms with Crippen molar-refractivity contribution in [3.8, 4) is 5.69 Å². The Bertz CT molecular complexity index is 1620. The SMILES string of the molecule is Cc1nn(-c2ccccc2)c2nc(Cc3ccccc3)nc(N3CCCN(C(=O)c4ccccc4F)CC3)c12. The lowest BCUT2D eigenvalue weighted by Gasteiger charge is -2.24. The van der Waals surface area contributed by atoms with Gasteiger partial charge in [0, 0.05) is 32.6 Å². The summed E-state index contributed by atoms with van der Waals surface area (Å²) in [6.45, 7) is 4.30.